The fraction of sp³-hybridized carbons (Fsp3) is 0.200. The zero-order valence-electron chi connectivity index (χ0n) is 15.0. The molecule has 1 unspecified atom stereocenters. The first-order valence-corrected chi connectivity index (χ1v) is 8.51. The van der Waals surface area contributed by atoms with Gasteiger partial charge in [-0.3, -0.25) is 10.1 Å². The van der Waals surface area contributed by atoms with Gasteiger partial charge < -0.3 is 14.8 Å². The zero-order valence-corrected chi connectivity index (χ0v) is 15.8. The number of rotatable bonds is 6. The molecule has 0 spiro atoms. The fourth-order valence-electron chi connectivity index (χ4n) is 2.34. The van der Waals surface area contributed by atoms with Gasteiger partial charge in [-0.05, 0) is 48.5 Å². The summed E-state index contributed by atoms with van der Waals surface area (Å²) in [5.74, 6) is 0.927. The Morgan fingerprint density at radius 3 is 2.42 bits per heavy atom. The molecule has 26 heavy (non-hydrogen) atoms. The number of nitrogens with one attached hydrogen (secondary N) is 2. The summed E-state index contributed by atoms with van der Waals surface area (Å²) in [4.78, 5) is 12.0. The van der Waals surface area contributed by atoms with Crippen LogP contribution in [0.4, 0.5) is 0 Å². The minimum atomic E-state index is -0.308. The van der Waals surface area contributed by atoms with Gasteiger partial charge in [-0.1, -0.05) is 36.4 Å². The third kappa shape index (κ3) is 5.60. The highest BCUT2D eigenvalue weighted by Crippen LogP contribution is 2.27. The molecule has 0 fully saturated rings. The van der Waals surface area contributed by atoms with E-state index in [0.29, 0.717) is 11.5 Å². The van der Waals surface area contributed by atoms with Crippen LogP contribution in [0.15, 0.2) is 54.6 Å². The highest BCUT2D eigenvalue weighted by Gasteiger charge is 2.08. The summed E-state index contributed by atoms with van der Waals surface area (Å²) >= 11 is 5.20. The Morgan fingerprint density at radius 1 is 1.08 bits per heavy atom. The molecule has 2 rings (SSSR count). The standard InChI is InChI=1S/C20H22N2O3S/c1-14(16-7-5-4-6-8-16)21-20(26)22-19(23)12-10-15-9-11-17(24-2)18(13-15)25-3/h4-14H,1-3H3,(H2,21,22,23,26). The first-order valence-electron chi connectivity index (χ1n) is 8.10. The van der Waals surface area contributed by atoms with Crippen LogP contribution >= 0.6 is 12.2 Å². The van der Waals surface area contributed by atoms with E-state index < -0.39 is 0 Å². The zero-order chi connectivity index (χ0) is 18.9. The second-order valence-corrected chi connectivity index (χ2v) is 5.95. The van der Waals surface area contributed by atoms with Crippen LogP contribution in [0, 0.1) is 0 Å². The van der Waals surface area contributed by atoms with Crippen molar-refractivity contribution < 1.29 is 14.3 Å². The topological polar surface area (TPSA) is 59.6 Å². The van der Waals surface area contributed by atoms with Crippen LogP contribution in [-0.2, 0) is 4.79 Å². The number of carbonyl (C=O) groups is 1. The maximum Gasteiger partial charge on any atom is 0.250 e. The highest BCUT2D eigenvalue weighted by molar-refractivity contribution is 7.80. The minimum absolute atomic E-state index is 0.00108. The molecule has 136 valence electrons. The molecule has 1 amide bonds. The van der Waals surface area contributed by atoms with E-state index in [1.54, 1.807) is 32.4 Å². The number of carbonyl (C=O) groups excluding carboxylic acids is 1. The smallest absolute Gasteiger partial charge is 0.250 e. The van der Waals surface area contributed by atoms with Crippen molar-refractivity contribution in [2.75, 3.05) is 14.2 Å². The predicted molar refractivity (Wildman–Crippen MR) is 107 cm³/mol. The summed E-state index contributed by atoms with van der Waals surface area (Å²) in [6.07, 6.45) is 3.10. The first kappa shape index (κ1) is 19.5. The molecule has 2 aromatic rings. The number of thiocarbonyl (C=S) groups is 1. The molecule has 0 radical (unpaired) electrons. The van der Waals surface area contributed by atoms with E-state index in [-0.39, 0.29) is 17.1 Å². The summed E-state index contributed by atoms with van der Waals surface area (Å²) in [5, 5.41) is 6.01. The van der Waals surface area contributed by atoms with Crippen LogP contribution in [-0.4, -0.2) is 25.2 Å². The van der Waals surface area contributed by atoms with Crippen molar-refractivity contribution in [1.82, 2.24) is 10.6 Å². The molecule has 1 atom stereocenters. The molecular weight excluding hydrogens is 348 g/mol. The lowest BCUT2D eigenvalue weighted by Crippen LogP contribution is -2.39. The van der Waals surface area contributed by atoms with Gasteiger partial charge in [0.1, 0.15) is 0 Å². The average Bonchev–Trinajstić information content (AvgIpc) is 2.66. The fourth-order valence-corrected chi connectivity index (χ4v) is 2.62. The average molecular weight is 370 g/mol. The lowest BCUT2D eigenvalue weighted by Gasteiger charge is -2.16. The maximum atomic E-state index is 12.0. The number of hydrogen-bond acceptors (Lipinski definition) is 4. The molecule has 6 heteroatoms. The Kier molecular flexibility index (Phi) is 7.17. The van der Waals surface area contributed by atoms with E-state index >= 15 is 0 Å². The predicted octanol–water partition coefficient (Wildman–Crippen LogP) is 3.47. The molecule has 0 aliphatic rings. The summed E-state index contributed by atoms with van der Waals surface area (Å²) in [6, 6.07) is 15.3. The Balaban J connectivity index is 1.91. The highest BCUT2D eigenvalue weighted by atomic mass is 32.1. The van der Waals surface area contributed by atoms with Crippen molar-refractivity contribution >= 4 is 29.3 Å². The molecule has 5 nitrogen and oxygen atoms in total. The van der Waals surface area contributed by atoms with Gasteiger partial charge in [0.15, 0.2) is 16.6 Å². The van der Waals surface area contributed by atoms with Crippen molar-refractivity contribution in [2.45, 2.75) is 13.0 Å². The van der Waals surface area contributed by atoms with E-state index in [4.69, 9.17) is 21.7 Å². The molecule has 0 saturated heterocycles. The van der Waals surface area contributed by atoms with E-state index in [2.05, 4.69) is 10.6 Å². The van der Waals surface area contributed by atoms with Crippen LogP contribution in [0.25, 0.3) is 6.08 Å². The normalized spacial score (nSPS) is 11.7. The third-order valence-electron chi connectivity index (χ3n) is 3.72. The first-order chi connectivity index (χ1) is 12.5. The molecule has 0 aliphatic carbocycles. The number of methoxy groups -OCH3 is 2. The summed E-state index contributed by atoms with van der Waals surface area (Å²) < 4.78 is 10.4. The van der Waals surface area contributed by atoms with Crippen LogP contribution < -0.4 is 20.1 Å². The van der Waals surface area contributed by atoms with Crippen LogP contribution in [0.2, 0.25) is 0 Å². The largest absolute Gasteiger partial charge is 0.493 e. The van der Waals surface area contributed by atoms with E-state index in [1.165, 1.54) is 6.08 Å². The monoisotopic (exact) mass is 370 g/mol. The Labute approximate surface area is 159 Å². The van der Waals surface area contributed by atoms with Gasteiger partial charge in [0.2, 0.25) is 5.91 Å². The van der Waals surface area contributed by atoms with Gasteiger partial charge >= 0.3 is 0 Å². The second kappa shape index (κ2) is 9.58. The van der Waals surface area contributed by atoms with Crippen LogP contribution in [0.5, 0.6) is 11.5 Å². The second-order valence-electron chi connectivity index (χ2n) is 5.54. The molecule has 0 aromatic heterocycles. The van der Waals surface area contributed by atoms with Crippen molar-refractivity contribution in [3.8, 4) is 11.5 Å². The van der Waals surface area contributed by atoms with Crippen LogP contribution in [0.1, 0.15) is 24.1 Å². The van der Waals surface area contributed by atoms with E-state index in [0.717, 1.165) is 11.1 Å². The van der Waals surface area contributed by atoms with Gasteiger partial charge in [-0.25, -0.2) is 0 Å². The Hall–Kier alpha value is -2.86. The summed E-state index contributed by atoms with van der Waals surface area (Å²) in [7, 11) is 3.14. The lowest BCUT2D eigenvalue weighted by molar-refractivity contribution is -0.115. The molecule has 0 aliphatic heterocycles. The maximum absolute atomic E-state index is 12.0. The summed E-state index contributed by atoms with van der Waals surface area (Å²) in [5.41, 5.74) is 1.90. The van der Waals surface area contributed by atoms with Crippen molar-refractivity contribution in [2.24, 2.45) is 0 Å². The molecule has 2 aromatic carbocycles. The molecule has 0 saturated carbocycles. The lowest BCUT2D eigenvalue weighted by atomic mass is 10.1. The van der Waals surface area contributed by atoms with Gasteiger partial charge in [0.05, 0.1) is 20.3 Å². The Bertz CT molecular complexity index is 791. The third-order valence-corrected chi connectivity index (χ3v) is 3.94. The van der Waals surface area contributed by atoms with Crippen molar-refractivity contribution in [1.29, 1.82) is 0 Å². The van der Waals surface area contributed by atoms with Gasteiger partial charge in [0.25, 0.3) is 0 Å². The molecule has 2 N–H and O–H groups in total. The van der Waals surface area contributed by atoms with Gasteiger partial charge in [0, 0.05) is 6.08 Å². The number of ether oxygens (including phenoxy) is 2. The van der Waals surface area contributed by atoms with Crippen molar-refractivity contribution in [3.63, 3.8) is 0 Å². The molecular formula is C20H22N2O3S. The molecule has 0 heterocycles. The summed E-state index contributed by atoms with van der Waals surface area (Å²) in [6.45, 7) is 1.98. The van der Waals surface area contributed by atoms with Crippen molar-refractivity contribution in [3.05, 3.63) is 65.7 Å². The van der Waals surface area contributed by atoms with E-state index in [9.17, 15) is 4.79 Å². The number of amides is 1. The van der Waals surface area contributed by atoms with Gasteiger partial charge in [-0.15, -0.1) is 0 Å². The molecule has 0 bridgehead atoms. The quantitative estimate of drug-likeness (QED) is 0.602. The Morgan fingerprint density at radius 2 is 1.77 bits per heavy atom. The van der Waals surface area contributed by atoms with Gasteiger partial charge in [-0.2, -0.15) is 0 Å². The number of benzene rings is 2. The van der Waals surface area contributed by atoms with Crippen LogP contribution in [0.3, 0.4) is 0 Å². The van der Waals surface area contributed by atoms with E-state index in [1.807, 2.05) is 43.3 Å². The SMILES string of the molecule is COc1ccc(C=CC(=O)NC(=S)NC(C)c2ccccc2)cc1OC. The minimum Gasteiger partial charge on any atom is -0.493 e. The number of hydrogen-bond donors (Lipinski definition) is 2.